The van der Waals surface area contributed by atoms with Gasteiger partial charge in [0.25, 0.3) is 5.91 Å². The predicted octanol–water partition coefficient (Wildman–Crippen LogP) is 2.31. The molecule has 28 heavy (non-hydrogen) atoms. The zero-order valence-corrected chi connectivity index (χ0v) is 15.8. The van der Waals surface area contributed by atoms with Gasteiger partial charge < -0.3 is 19.9 Å². The maximum absolute atomic E-state index is 13.8. The molecule has 2 aromatic rings. The lowest BCUT2D eigenvalue weighted by Crippen LogP contribution is -2.33. The third kappa shape index (κ3) is 4.25. The third-order valence-corrected chi connectivity index (χ3v) is 5.18. The zero-order chi connectivity index (χ0) is 19.3. The number of likely N-dealkylation sites (tertiary alicyclic amines) is 1. The molecule has 0 bridgehead atoms. The molecule has 2 fully saturated rings. The van der Waals surface area contributed by atoms with Crippen LogP contribution in [0.5, 0.6) is 5.75 Å². The molecule has 0 aliphatic carbocycles. The maximum Gasteiger partial charge on any atom is 0.272 e. The van der Waals surface area contributed by atoms with Crippen molar-refractivity contribution < 1.29 is 13.9 Å². The molecule has 6 nitrogen and oxygen atoms in total. The second kappa shape index (κ2) is 8.56. The van der Waals surface area contributed by atoms with Gasteiger partial charge in [-0.25, -0.2) is 9.37 Å². The molecule has 2 aliphatic rings. The molecule has 1 N–H and O–H groups in total. The Morgan fingerprint density at radius 1 is 1.11 bits per heavy atom. The molecule has 1 amide bonds. The number of aromatic nitrogens is 1. The van der Waals surface area contributed by atoms with Crippen LogP contribution in [0, 0.1) is 5.82 Å². The molecule has 1 atom stereocenters. The summed E-state index contributed by atoms with van der Waals surface area (Å²) in [7, 11) is 0. The summed E-state index contributed by atoms with van der Waals surface area (Å²) in [5.41, 5.74) is 0.446. The van der Waals surface area contributed by atoms with E-state index in [-0.39, 0.29) is 23.6 Å². The quantitative estimate of drug-likeness (QED) is 0.877. The molecule has 1 aromatic carbocycles. The van der Waals surface area contributed by atoms with E-state index < -0.39 is 0 Å². The molecule has 1 aromatic heterocycles. The number of amides is 1. The first-order valence-corrected chi connectivity index (χ1v) is 9.84. The molecule has 0 saturated carbocycles. The van der Waals surface area contributed by atoms with E-state index in [1.54, 1.807) is 29.2 Å². The highest BCUT2D eigenvalue weighted by molar-refractivity contribution is 5.93. The van der Waals surface area contributed by atoms with Gasteiger partial charge in [0.2, 0.25) is 0 Å². The Morgan fingerprint density at radius 2 is 2.00 bits per heavy atom. The number of hydrogen-bond donors (Lipinski definition) is 1. The van der Waals surface area contributed by atoms with E-state index in [0.717, 1.165) is 38.4 Å². The van der Waals surface area contributed by atoms with Gasteiger partial charge in [-0.15, -0.1) is 0 Å². The van der Waals surface area contributed by atoms with Crippen LogP contribution in [-0.2, 0) is 0 Å². The number of rotatable bonds is 4. The highest BCUT2D eigenvalue weighted by Crippen LogP contribution is 2.22. The summed E-state index contributed by atoms with van der Waals surface area (Å²) in [6, 6.07) is 12.0. The molecule has 148 valence electrons. The first-order chi connectivity index (χ1) is 13.7. The number of nitrogens with zero attached hydrogens (tertiary/aromatic N) is 3. The molecule has 7 heteroatoms. The summed E-state index contributed by atoms with van der Waals surface area (Å²) >= 11 is 0. The van der Waals surface area contributed by atoms with Gasteiger partial charge in [0.05, 0.1) is 6.54 Å². The standard InChI is InChI=1S/C21H25FN4O2/c22-17-5-1-2-7-19(17)28-16-9-13-26(15-16)21(27)18-6-3-8-20(24-18)25-12-4-10-23-11-14-25/h1-3,5-8,16,23H,4,9-15H2. The topological polar surface area (TPSA) is 57.7 Å². The third-order valence-electron chi connectivity index (χ3n) is 5.18. The fourth-order valence-electron chi connectivity index (χ4n) is 3.68. The number of hydrogen-bond acceptors (Lipinski definition) is 5. The molecule has 3 heterocycles. The highest BCUT2D eigenvalue weighted by atomic mass is 19.1. The highest BCUT2D eigenvalue weighted by Gasteiger charge is 2.29. The van der Waals surface area contributed by atoms with Crippen molar-refractivity contribution in [2.75, 3.05) is 44.2 Å². The summed E-state index contributed by atoms with van der Waals surface area (Å²) in [6.45, 7) is 4.75. The van der Waals surface area contributed by atoms with E-state index in [1.165, 1.54) is 6.07 Å². The largest absolute Gasteiger partial charge is 0.485 e. The van der Waals surface area contributed by atoms with Crippen LogP contribution in [0.2, 0.25) is 0 Å². The van der Waals surface area contributed by atoms with Crippen molar-refractivity contribution in [2.45, 2.75) is 18.9 Å². The van der Waals surface area contributed by atoms with Crippen molar-refractivity contribution in [3.63, 3.8) is 0 Å². The molecule has 0 spiro atoms. The molecular weight excluding hydrogens is 359 g/mol. The van der Waals surface area contributed by atoms with Crippen molar-refractivity contribution in [1.29, 1.82) is 0 Å². The Hall–Kier alpha value is -2.67. The number of ether oxygens (including phenoxy) is 1. The van der Waals surface area contributed by atoms with Crippen molar-refractivity contribution in [3.05, 3.63) is 54.0 Å². The van der Waals surface area contributed by atoms with Crippen molar-refractivity contribution in [3.8, 4) is 5.75 Å². The van der Waals surface area contributed by atoms with Crippen LogP contribution < -0.4 is 15.0 Å². The summed E-state index contributed by atoms with van der Waals surface area (Å²) in [6.07, 6.45) is 1.53. The van der Waals surface area contributed by atoms with Gasteiger partial charge in [-0.1, -0.05) is 18.2 Å². The number of carbonyl (C=O) groups is 1. The van der Waals surface area contributed by atoms with Gasteiger partial charge in [0, 0.05) is 32.6 Å². The van der Waals surface area contributed by atoms with Crippen LogP contribution in [-0.4, -0.2) is 61.2 Å². The average molecular weight is 384 g/mol. The van der Waals surface area contributed by atoms with Crippen LogP contribution in [0.3, 0.4) is 0 Å². The van der Waals surface area contributed by atoms with Gasteiger partial charge in [0.1, 0.15) is 17.6 Å². The number of nitrogens with one attached hydrogen (secondary N) is 1. The van der Waals surface area contributed by atoms with Crippen molar-refractivity contribution >= 4 is 11.7 Å². The Bertz CT molecular complexity index is 824. The molecule has 2 aliphatic heterocycles. The smallest absolute Gasteiger partial charge is 0.272 e. The number of para-hydroxylation sites is 1. The van der Waals surface area contributed by atoms with Crippen molar-refractivity contribution in [2.24, 2.45) is 0 Å². The van der Waals surface area contributed by atoms with Gasteiger partial charge in [-0.3, -0.25) is 4.79 Å². The lowest BCUT2D eigenvalue weighted by molar-refractivity contribution is 0.0766. The number of halogens is 1. The second-order valence-electron chi connectivity index (χ2n) is 7.18. The first kappa shape index (κ1) is 18.7. The minimum Gasteiger partial charge on any atom is -0.485 e. The average Bonchev–Trinajstić information content (AvgIpc) is 3.01. The Kier molecular flexibility index (Phi) is 5.71. The monoisotopic (exact) mass is 384 g/mol. The Balaban J connectivity index is 1.41. The SMILES string of the molecule is O=C(c1cccc(N2CCCNCC2)n1)N1CCC(Oc2ccccc2F)C1. The molecular formula is C21H25FN4O2. The molecule has 2 saturated heterocycles. The molecule has 0 radical (unpaired) electrons. The van der Waals surface area contributed by atoms with E-state index in [9.17, 15) is 9.18 Å². The zero-order valence-electron chi connectivity index (χ0n) is 15.8. The van der Waals surface area contributed by atoms with Crippen LogP contribution in [0.15, 0.2) is 42.5 Å². The van der Waals surface area contributed by atoms with E-state index in [2.05, 4.69) is 15.2 Å². The van der Waals surface area contributed by atoms with Crippen LogP contribution >= 0.6 is 0 Å². The van der Waals surface area contributed by atoms with E-state index in [0.29, 0.717) is 25.2 Å². The van der Waals surface area contributed by atoms with Crippen molar-refractivity contribution in [1.82, 2.24) is 15.2 Å². The van der Waals surface area contributed by atoms with Crippen LogP contribution in [0.4, 0.5) is 10.2 Å². The van der Waals surface area contributed by atoms with Crippen LogP contribution in [0.25, 0.3) is 0 Å². The lowest BCUT2D eigenvalue weighted by atomic mass is 10.3. The minimum atomic E-state index is -0.381. The number of benzene rings is 1. The number of carbonyl (C=O) groups excluding carboxylic acids is 1. The maximum atomic E-state index is 13.8. The Labute approximate surface area is 164 Å². The van der Waals surface area contributed by atoms with E-state index in [4.69, 9.17) is 4.74 Å². The number of pyridine rings is 1. The second-order valence-corrected chi connectivity index (χ2v) is 7.18. The van der Waals surface area contributed by atoms with E-state index in [1.807, 2.05) is 12.1 Å². The normalized spacial score (nSPS) is 20.1. The molecule has 4 rings (SSSR count). The first-order valence-electron chi connectivity index (χ1n) is 9.84. The van der Waals surface area contributed by atoms with E-state index >= 15 is 0 Å². The van der Waals surface area contributed by atoms with Crippen LogP contribution in [0.1, 0.15) is 23.3 Å². The van der Waals surface area contributed by atoms with Gasteiger partial charge >= 0.3 is 0 Å². The predicted molar refractivity (Wildman–Crippen MR) is 105 cm³/mol. The molecule has 1 unspecified atom stereocenters. The van der Waals surface area contributed by atoms with Gasteiger partial charge in [-0.2, -0.15) is 0 Å². The fraction of sp³-hybridized carbons (Fsp3) is 0.429. The fourth-order valence-corrected chi connectivity index (χ4v) is 3.68. The lowest BCUT2D eigenvalue weighted by Gasteiger charge is -2.22. The van der Waals surface area contributed by atoms with Gasteiger partial charge in [-0.05, 0) is 37.2 Å². The minimum absolute atomic E-state index is 0.102. The Morgan fingerprint density at radius 3 is 2.89 bits per heavy atom. The summed E-state index contributed by atoms with van der Waals surface area (Å²) in [5, 5.41) is 3.37. The summed E-state index contributed by atoms with van der Waals surface area (Å²) in [4.78, 5) is 21.5. The number of anilines is 1. The summed E-state index contributed by atoms with van der Waals surface area (Å²) < 4.78 is 19.5. The van der Waals surface area contributed by atoms with Gasteiger partial charge in [0.15, 0.2) is 11.6 Å². The summed E-state index contributed by atoms with van der Waals surface area (Å²) in [5.74, 6) is 0.590.